The van der Waals surface area contributed by atoms with E-state index in [-0.39, 0.29) is 22.4 Å². The lowest BCUT2D eigenvalue weighted by Crippen LogP contribution is -2.39. The molecule has 5 rings (SSSR count). The highest BCUT2D eigenvalue weighted by molar-refractivity contribution is 7.89. The molecule has 3 aromatic rings. The van der Waals surface area contributed by atoms with Crippen molar-refractivity contribution in [1.29, 1.82) is 0 Å². The van der Waals surface area contributed by atoms with Gasteiger partial charge in [-0.05, 0) is 61.2 Å². The number of anilines is 1. The fourth-order valence-electron chi connectivity index (χ4n) is 4.03. The molecule has 2 aliphatic rings. The van der Waals surface area contributed by atoms with E-state index in [2.05, 4.69) is 15.5 Å². The Morgan fingerprint density at radius 1 is 1.06 bits per heavy atom. The molecule has 2 aliphatic heterocycles. The molecule has 1 fully saturated rings. The van der Waals surface area contributed by atoms with E-state index in [1.165, 1.54) is 28.6 Å². The highest BCUT2D eigenvalue weighted by Crippen LogP contribution is 2.34. The third-order valence-electron chi connectivity index (χ3n) is 5.81. The second-order valence-corrected chi connectivity index (χ2v) is 10.3. The van der Waals surface area contributed by atoms with Crippen molar-refractivity contribution >= 4 is 21.9 Å². The molecule has 178 valence electrons. The van der Waals surface area contributed by atoms with Crippen molar-refractivity contribution < 1.29 is 27.1 Å². The maximum absolute atomic E-state index is 12.9. The van der Waals surface area contributed by atoms with Crippen LogP contribution in [0.25, 0.3) is 11.5 Å². The van der Waals surface area contributed by atoms with E-state index in [0.29, 0.717) is 49.3 Å². The number of nitrogens with zero attached hydrogens (tertiary/aromatic N) is 3. The fraction of sp³-hybridized carbons (Fsp3) is 0.348. The minimum atomic E-state index is -3.59. The van der Waals surface area contributed by atoms with Gasteiger partial charge in [0.2, 0.25) is 15.9 Å². The first kappa shape index (κ1) is 22.4. The molecule has 1 aromatic heterocycles. The van der Waals surface area contributed by atoms with Crippen molar-refractivity contribution in [2.75, 3.05) is 31.6 Å². The van der Waals surface area contributed by atoms with Gasteiger partial charge < -0.3 is 13.9 Å². The van der Waals surface area contributed by atoms with Crippen molar-refractivity contribution in [3.8, 4) is 23.0 Å². The number of hydrogen-bond acceptors (Lipinski definition) is 8. The zero-order valence-electron chi connectivity index (χ0n) is 18.6. The van der Waals surface area contributed by atoms with Crippen LogP contribution in [0.15, 0.2) is 51.8 Å². The first-order chi connectivity index (χ1) is 16.4. The number of sulfonamides is 1. The van der Waals surface area contributed by atoms with Gasteiger partial charge in [0.15, 0.2) is 11.5 Å². The SMILES string of the molecule is C[C@H]1CCCN(S(=O)(=O)c2ccc(C(=O)Nc3nnc(-c4ccc5c(c4)OCCO5)o3)cc2)C1. The maximum atomic E-state index is 12.9. The minimum absolute atomic E-state index is 0.0751. The van der Waals surface area contributed by atoms with Gasteiger partial charge in [-0.25, -0.2) is 8.42 Å². The Kier molecular flexibility index (Phi) is 5.96. The number of hydrogen-bond donors (Lipinski definition) is 1. The molecular formula is C23H24N4O6S. The van der Waals surface area contributed by atoms with Gasteiger partial charge in [0.25, 0.3) is 5.91 Å². The number of rotatable bonds is 5. The molecule has 2 aromatic carbocycles. The lowest BCUT2D eigenvalue weighted by Gasteiger charge is -2.30. The van der Waals surface area contributed by atoms with Gasteiger partial charge in [-0.15, -0.1) is 5.10 Å². The lowest BCUT2D eigenvalue weighted by atomic mass is 10.0. The molecule has 0 spiro atoms. The van der Waals surface area contributed by atoms with Gasteiger partial charge in [-0.3, -0.25) is 10.1 Å². The average Bonchev–Trinajstić information content (AvgIpc) is 3.32. The smallest absolute Gasteiger partial charge is 0.322 e. The Hall–Kier alpha value is -3.44. The molecular weight excluding hydrogens is 460 g/mol. The Morgan fingerprint density at radius 3 is 2.59 bits per heavy atom. The molecule has 0 aliphatic carbocycles. The summed E-state index contributed by atoms with van der Waals surface area (Å²) in [6.45, 7) is 4.02. The summed E-state index contributed by atoms with van der Waals surface area (Å²) in [5.74, 6) is 1.28. The number of aromatic nitrogens is 2. The van der Waals surface area contributed by atoms with Crippen LogP contribution < -0.4 is 14.8 Å². The summed E-state index contributed by atoms with van der Waals surface area (Å²) in [4.78, 5) is 12.8. The standard InChI is InChI=1S/C23H24N4O6S/c1-15-3-2-10-27(14-15)34(29,30)18-7-4-16(5-8-18)21(28)24-23-26-25-22(33-23)17-6-9-19-20(13-17)32-12-11-31-19/h4-9,13,15H,2-3,10-12,14H2,1H3,(H,24,26,28)/t15-/m0/s1. The molecule has 1 N–H and O–H groups in total. The second kappa shape index (κ2) is 9.07. The molecule has 0 saturated carbocycles. The molecule has 0 radical (unpaired) electrons. The molecule has 1 amide bonds. The van der Waals surface area contributed by atoms with Crippen LogP contribution in [-0.2, 0) is 10.0 Å². The van der Waals surface area contributed by atoms with E-state index in [9.17, 15) is 13.2 Å². The van der Waals surface area contributed by atoms with Crippen molar-refractivity contribution in [2.45, 2.75) is 24.7 Å². The number of amides is 1. The second-order valence-electron chi connectivity index (χ2n) is 8.36. The zero-order valence-corrected chi connectivity index (χ0v) is 19.4. The normalized spacial score (nSPS) is 18.4. The first-order valence-corrected chi connectivity index (χ1v) is 12.5. The van der Waals surface area contributed by atoms with Crippen molar-refractivity contribution in [1.82, 2.24) is 14.5 Å². The molecule has 0 unspecified atom stereocenters. The van der Waals surface area contributed by atoms with Crippen LogP contribution in [0.5, 0.6) is 11.5 Å². The third kappa shape index (κ3) is 4.48. The van der Waals surface area contributed by atoms with Gasteiger partial charge in [0, 0.05) is 24.2 Å². The number of ether oxygens (including phenoxy) is 2. The first-order valence-electron chi connectivity index (χ1n) is 11.1. The largest absolute Gasteiger partial charge is 0.486 e. The summed E-state index contributed by atoms with van der Waals surface area (Å²) in [5, 5.41) is 10.4. The molecule has 0 bridgehead atoms. The van der Waals surface area contributed by atoms with E-state index in [0.717, 1.165) is 12.8 Å². The number of nitrogens with one attached hydrogen (secondary N) is 1. The topological polar surface area (TPSA) is 124 Å². The van der Waals surface area contributed by atoms with Crippen LogP contribution in [0.2, 0.25) is 0 Å². The number of carbonyl (C=O) groups excluding carboxylic acids is 1. The van der Waals surface area contributed by atoms with Crippen LogP contribution in [-0.4, -0.2) is 55.1 Å². The highest BCUT2D eigenvalue weighted by Gasteiger charge is 2.28. The Labute approximate surface area is 196 Å². The highest BCUT2D eigenvalue weighted by atomic mass is 32.2. The summed E-state index contributed by atoms with van der Waals surface area (Å²) in [5.41, 5.74) is 0.892. The molecule has 1 saturated heterocycles. The molecule has 10 nitrogen and oxygen atoms in total. The predicted molar refractivity (Wildman–Crippen MR) is 122 cm³/mol. The quantitative estimate of drug-likeness (QED) is 0.586. The number of benzene rings is 2. The van der Waals surface area contributed by atoms with Gasteiger partial charge in [0.1, 0.15) is 13.2 Å². The number of fused-ring (bicyclic) bond motifs is 1. The molecule has 3 heterocycles. The van der Waals surface area contributed by atoms with Crippen molar-refractivity contribution in [3.63, 3.8) is 0 Å². The van der Waals surface area contributed by atoms with E-state index in [4.69, 9.17) is 13.9 Å². The number of carbonyl (C=O) groups is 1. The fourth-order valence-corrected chi connectivity index (χ4v) is 5.63. The number of piperidine rings is 1. The monoisotopic (exact) mass is 484 g/mol. The summed E-state index contributed by atoms with van der Waals surface area (Å²) in [6, 6.07) is 11.0. The predicted octanol–water partition coefficient (Wildman–Crippen LogP) is 3.18. The summed E-state index contributed by atoms with van der Waals surface area (Å²) < 4.78 is 44.0. The van der Waals surface area contributed by atoms with E-state index >= 15 is 0 Å². The molecule has 34 heavy (non-hydrogen) atoms. The van der Waals surface area contributed by atoms with Gasteiger partial charge in [0.05, 0.1) is 4.90 Å². The minimum Gasteiger partial charge on any atom is -0.486 e. The van der Waals surface area contributed by atoms with Crippen LogP contribution in [0.1, 0.15) is 30.1 Å². The Balaban J connectivity index is 1.27. The van der Waals surface area contributed by atoms with E-state index in [1.807, 2.05) is 6.92 Å². The van der Waals surface area contributed by atoms with Crippen molar-refractivity contribution in [3.05, 3.63) is 48.0 Å². The Bertz CT molecular complexity index is 1310. The van der Waals surface area contributed by atoms with E-state index < -0.39 is 15.9 Å². The molecule has 11 heteroatoms. The maximum Gasteiger partial charge on any atom is 0.322 e. The third-order valence-corrected chi connectivity index (χ3v) is 7.69. The summed E-state index contributed by atoms with van der Waals surface area (Å²) in [6.07, 6.45) is 1.87. The van der Waals surface area contributed by atoms with Gasteiger partial charge in [-0.2, -0.15) is 4.31 Å². The molecule has 1 atom stereocenters. The zero-order chi connectivity index (χ0) is 23.7. The Morgan fingerprint density at radius 2 is 1.82 bits per heavy atom. The van der Waals surface area contributed by atoms with Crippen molar-refractivity contribution in [2.24, 2.45) is 5.92 Å². The lowest BCUT2D eigenvalue weighted by molar-refractivity contribution is 0.102. The summed E-state index contributed by atoms with van der Waals surface area (Å²) >= 11 is 0. The average molecular weight is 485 g/mol. The van der Waals surface area contributed by atoms with Gasteiger partial charge in [-0.1, -0.05) is 12.0 Å². The van der Waals surface area contributed by atoms with Gasteiger partial charge >= 0.3 is 6.01 Å². The van der Waals surface area contributed by atoms with E-state index in [1.54, 1.807) is 18.2 Å². The van der Waals surface area contributed by atoms with Crippen LogP contribution in [0.4, 0.5) is 6.01 Å². The van der Waals surface area contributed by atoms with Crippen LogP contribution in [0, 0.1) is 5.92 Å². The van der Waals surface area contributed by atoms with Crippen LogP contribution >= 0.6 is 0 Å². The van der Waals surface area contributed by atoms with Crippen LogP contribution in [0.3, 0.4) is 0 Å². The summed E-state index contributed by atoms with van der Waals surface area (Å²) in [7, 11) is -3.59.